The molecule has 0 radical (unpaired) electrons. The zero-order valence-corrected chi connectivity index (χ0v) is 12.7. The molecule has 3 aromatic rings. The van der Waals surface area contributed by atoms with Crippen molar-refractivity contribution >= 4 is 27.5 Å². The molecule has 0 saturated heterocycles. The monoisotopic (exact) mass is 372 g/mol. The molecule has 0 fully saturated rings. The first-order chi connectivity index (χ1) is 10.1. The second-order valence-corrected chi connectivity index (χ2v) is 5.16. The summed E-state index contributed by atoms with van der Waals surface area (Å²) < 4.78 is 29.7. The van der Waals surface area contributed by atoms with Crippen LogP contribution in [-0.2, 0) is 6.61 Å². The third-order valence-corrected chi connectivity index (χ3v) is 3.22. The topological polar surface area (TPSA) is 61.3 Å². The number of halogens is 3. The van der Waals surface area contributed by atoms with Gasteiger partial charge in [0.15, 0.2) is 17.0 Å². The number of hydrogen-bond donors (Lipinski definition) is 0. The van der Waals surface area contributed by atoms with Gasteiger partial charge in [0.1, 0.15) is 11.6 Å². The van der Waals surface area contributed by atoms with Gasteiger partial charge in [-0.15, -0.1) is 10.2 Å². The van der Waals surface area contributed by atoms with Crippen LogP contribution in [0.25, 0.3) is 11.7 Å². The van der Waals surface area contributed by atoms with E-state index in [9.17, 15) is 4.39 Å². The van der Waals surface area contributed by atoms with Gasteiger partial charge in [-0.05, 0) is 40.2 Å². The lowest BCUT2D eigenvalue weighted by molar-refractivity contribution is 0.263. The van der Waals surface area contributed by atoms with Crippen molar-refractivity contribution in [1.82, 2.24) is 10.2 Å². The molecule has 0 amide bonds. The Morgan fingerprint density at radius 1 is 1.19 bits per heavy atom. The molecular formula is C13H7BrClFN2O3. The highest BCUT2D eigenvalue weighted by atomic mass is 79.9. The molecule has 0 saturated carbocycles. The van der Waals surface area contributed by atoms with Gasteiger partial charge in [-0.25, -0.2) is 4.39 Å². The molecule has 0 aliphatic carbocycles. The maximum atomic E-state index is 13.0. The molecule has 8 heteroatoms. The van der Waals surface area contributed by atoms with Gasteiger partial charge in [-0.3, -0.25) is 0 Å². The summed E-state index contributed by atoms with van der Waals surface area (Å²) in [6, 6.07) is 7.47. The van der Waals surface area contributed by atoms with Crippen LogP contribution in [0.3, 0.4) is 0 Å². The fourth-order valence-corrected chi connectivity index (χ4v) is 2.03. The van der Waals surface area contributed by atoms with Crippen LogP contribution in [-0.4, -0.2) is 10.2 Å². The van der Waals surface area contributed by atoms with E-state index in [0.29, 0.717) is 16.2 Å². The van der Waals surface area contributed by atoms with Crippen molar-refractivity contribution in [2.24, 2.45) is 0 Å². The Kier molecular flexibility index (Phi) is 3.94. The fraction of sp³-hybridized carbons (Fsp3) is 0.0769. The Labute approximate surface area is 131 Å². The summed E-state index contributed by atoms with van der Waals surface area (Å²) >= 11 is 8.84. The van der Waals surface area contributed by atoms with Crippen LogP contribution in [0.5, 0.6) is 5.75 Å². The lowest BCUT2D eigenvalue weighted by atomic mass is 10.3. The highest BCUT2D eigenvalue weighted by Crippen LogP contribution is 2.25. The summed E-state index contributed by atoms with van der Waals surface area (Å²) in [6.45, 7) is 0.0385. The Bertz CT molecular complexity index is 774. The lowest BCUT2D eigenvalue weighted by Crippen LogP contribution is -1.96. The molecule has 108 valence electrons. The van der Waals surface area contributed by atoms with Crippen LogP contribution < -0.4 is 4.74 Å². The number of nitrogens with zero attached hydrogens (tertiary/aromatic N) is 2. The predicted molar refractivity (Wildman–Crippen MR) is 75.4 cm³/mol. The summed E-state index contributed by atoms with van der Waals surface area (Å²) in [5.74, 6) is 0.856. The van der Waals surface area contributed by atoms with Gasteiger partial charge in [-0.1, -0.05) is 11.6 Å². The standard InChI is InChI=1S/C13H7BrClFN2O3/c14-11-4-3-10(20-11)13-18-17-12(21-13)6-19-7-1-2-9(16)8(15)5-7/h1-5H,6H2. The minimum atomic E-state index is -0.507. The van der Waals surface area contributed by atoms with Crippen molar-refractivity contribution in [3.8, 4) is 17.4 Å². The normalized spacial score (nSPS) is 10.8. The van der Waals surface area contributed by atoms with Crippen molar-refractivity contribution in [3.05, 3.63) is 51.7 Å². The highest BCUT2D eigenvalue weighted by Gasteiger charge is 2.12. The van der Waals surface area contributed by atoms with Crippen molar-refractivity contribution in [2.75, 3.05) is 0 Å². The number of rotatable bonds is 4. The van der Waals surface area contributed by atoms with E-state index in [0.717, 1.165) is 0 Å². The number of furan rings is 1. The average molecular weight is 374 g/mol. The van der Waals surface area contributed by atoms with E-state index in [2.05, 4.69) is 26.1 Å². The quantitative estimate of drug-likeness (QED) is 0.675. The number of aromatic nitrogens is 2. The molecule has 1 aromatic carbocycles. The largest absolute Gasteiger partial charge is 0.484 e. The molecule has 0 N–H and O–H groups in total. The summed E-state index contributed by atoms with van der Waals surface area (Å²) in [4.78, 5) is 0. The molecule has 0 aliphatic heterocycles. The molecule has 2 heterocycles. The summed E-state index contributed by atoms with van der Waals surface area (Å²) in [5, 5.41) is 7.66. The molecule has 21 heavy (non-hydrogen) atoms. The van der Waals surface area contributed by atoms with Crippen molar-refractivity contribution in [2.45, 2.75) is 6.61 Å². The molecule has 0 aliphatic rings. The van der Waals surface area contributed by atoms with Crippen LogP contribution in [0.2, 0.25) is 5.02 Å². The Morgan fingerprint density at radius 3 is 2.76 bits per heavy atom. The number of hydrogen-bond acceptors (Lipinski definition) is 5. The van der Waals surface area contributed by atoms with Crippen molar-refractivity contribution in [3.63, 3.8) is 0 Å². The Morgan fingerprint density at radius 2 is 2.05 bits per heavy atom. The first kappa shape index (κ1) is 14.1. The maximum absolute atomic E-state index is 13.0. The lowest BCUT2D eigenvalue weighted by Gasteiger charge is -2.03. The summed E-state index contributed by atoms with van der Waals surface area (Å²) in [7, 11) is 0. The third kappa shape index (κ3) is 3.25. The molecule has 0 unspecified atom stereocenters. The first-order valence-corrected chi connectivity index (χ1v) is 6.95. The SMILES string of the molecule is Fc1ccc(OCc2nnc(-c3ccc(Br)o3)o2)cc1Cl. The first-order valence-electron chi connectivity index (χ1n) is 5.78. The fourth-order valence-electron chi connectivity index (χ4n) is 1.55. The average Bonchev–Trinajstić information content (AvgIpc) is 3.09. The van der Waals surface area contributed by atoms with Gasteiger partial charge >= 0.3 is 0 Å². The van der Waals surface area contributed by atoms with Crippen LogP contribution in [0.1, 0.15) is 5.89 Å². The maximum Gasteiger partial charge on any atom is 0.283 e. The molecule has 2 aromatic heterocycles. The van der Waals surface area contributed by atoms with E-state index in [-0.39, 0.29) is 23.4 Å². The van der Waals surface area contributed by atoms with E-state index >= 15 is 0 Å². The summed E-state index contributed by atoms with van der Waals surface area (Å²) in [6.07, 6.45) is 0. The van der Waals surface area contributed by atoms with Gasteiger partial charge in [0, 0.05) is 6.07 Å². The minimum Gasteiger partial charge on any atom is -0.484 e. The van der Waals surface area contributed by atoms with Gasteiger partial charge in [0.2, 0.25) is 0 Å². The van der Waals surface area contributed by atoms with E-state index in [1.54, 1.807) is 12.1 Å². The molecule has 0 atom stereocenters. The molecular weight excluding hydrogens is 367 g/mol. The van der Waals surface area contributed by atoms with Crippen LogP contribution in [0, 0.1) is 5.82 Å². The van der Waals surface area contributed by atoms with Crippen molar-refractivity contribution < 1.29 is 18.0 Å². The Hall–Kier alpha value is -1.86. The van der Waals surface area contributed by atoms with Crippen LogP contribution >= 0.6 is 27.5 Å². The van der Waals surface area contributed by atoms with E-state index in [1.807, 2.05) is 0 Å². The number of benzene rings is 1. The van der Waals surface area contributed by atoms with Gasteiger partial charge in [0.25, 0.3) is 11.8 Å². The minimum absolute atomic E-state index is 0.0147. The van der Waals surface area contributed by atoms with E-state index in [1.165, 1.54) is 18.2 Å². The van der Waals surface area contributed by atoms with Crippen molar-refractivity contribution in [1.29, 1.82) is 0 Å². The van der Waals surface area contributed by atoms with Gasteiger partial charge in [-0.2, -0.15) is 0 Å². The van der Waals surface area contributed by atoms with E-state index in [4.69, 9.17) is 25.2 Å². The zero-order chi connectivity index (χ0) is 14.8. The van der Waals surface area contributed by atoms with Gasteiger partial charge in [0.05, 0.1) is 5.02 Å². The Balaban J connectivity index is 1.68. The predicted octanol–water partition coefficient (Wildman–Crippen LogP) is 4.46. The summed E-state index contributed by atoms with van der Waals surface area (Å²) in [5.41, 5.74) is 0. The molecule has 0 spiro atoms. The van der Waals surface area contributed by atoms with E-state index < -0.39 is 5.82 Å². The van der Waals surface area contributed by atoms with Gasteiger partial charge < -0.3 is 13.6 Å². The van der Waals surface area contributed by atoms with Crippen LogP contribution in [0.4, 0.5) is 4.39 Å². The number of ether oxygens (including phenoxy) is 1. The highest BCUT2D eigenvalue weighted by molar-refractivity contribution is 9.10. The molecule has 3 rings (SSSR count). The third-order valence-electron chi connectivity index (χ3n) is 2.50. The van der Waals surface area contributed by atoms with Crippen LogP contribution in [0.15, 0.2) is 43.8 Å². The molecule has 0 bridgehead atoms. The smallest absolute Gasteiger partial charge is 0.283 e. The second-order valence-electron chi connectivity index (χ2n) is 3.97. The zero-order valence-electron chi connectivity index (χ0n) is 10.3. The second kappa shape index (κ2) is 5.87. The molecule has 5 nitrogen and oxygen atoms in total.